The second-order valence-corrected chi connectivity index (χ2v) is 9.16. The standard InChI is InChI=1S/C24H37NO5/c1-17(2)14-20(21(27)12-9-13-26)25-23(29)19(15-18-10-7-6-8-11-18)16-22(28)30-24(3,4)5/h6-8,10-11,17,19-20,26H,9,12-16H2,1-5H3,(H,25,29)/t19-,20-/m1/s1. The van der Waals surface area contributed by atoms with Gasteiger partial charge in [0.05, 0.1) is 18.4 Å². The molecule has 0 aliphatic carbocycles. The molecule has 30 heavy (non-hydrogen) atoms. The smallest absolute Gasteiger partial charge is 0.307 e. The number of benzene rings is 1. The number of ether oxygens (including phenoxy) is 1. The first-order valence-electron chi connectivity index (χ1n) is 10.7. The molecule has 0 saturated carbocycles. The molecule has 6 heteroatoms. The van der Waals surface area contributed by atoms with Crippen LogP contribution >= 0.6 is 0 Å². The molecule has 0 radical (unpaired) electrons. The molecule has 168 valence electrons. The first-order chi connectivity index (χ1) is 14.0. The number of aliphatic hydroxyl groups is 1. The molecular formula is C24H37NO5. The molecule has 1 amide bonds. The fourth-order valence-corrected chi connectivity index (χ4v) is 3.20. The summed E-state index contributed by atoms with van der Waals surface area (Å²) in [6.07, 6.45) is 1.42. The number of hydrogen-bond acceptors (Lipinski definition) is 5. The second-order valence-electron chi connectivity index (χ2n) is 9.16. The number of carbonyl (C=O) groups is 3. The molecular weight excluding hydrogens is 382 g/mol. The van der Waals surface area contributed by atoms with Gasteiger partial charge >= 0.3 is 5.97 Å². The summed E-state index contributed by atoms with van der Waals surface area (Å²) in [5.74, 6) is -1.28. The van der Waals surface area contributed by atoms with E-state index in [1.807, 2.05) is 44.2 Å². The van der Waals surface area contributed by atoms with Crippen LogP contribution in [0.15, 0.2) is 30.3 Å². The quantitative estimate of drug-likeness (QED) is 0.506. The fraction of sp³-hybridized carbons (Fsp3) is 0.625. The monoisotopic (exact) mass is 419 g/mol. The Labute approximate surface area is 180 Å². The highest BCUT2D eigenvalue weighted by Crippen LogP contribution is 2.18. The van der Waals surface area contributed by atoms with E-state index in [0.29, 0.717) is 19.3 Å². The van der Waals surface area contributed by atoms with Crippen LogP contribution in [0.4, 0.5) is 0 Å². The van der Waals surface area contributed by atoms with E-state index in [1.165, 1.54) is 0 Å². The first kappa shape index (κ1) is 25.8. The maximum absolute atomic E-state index is 13.1. The van der Waals surface area contributed by atoms with Crippen molar-refractivity contribution >= 4 is 17.7 Å². The summed E-state index contributed by atoms with van der Waals surface area (Å²) in [5.41, 5.74) is 0.305. The first-order valence-corrected chi connectivity index (χ1v) is 10.7. The fourth-order valence-electron chi connectivity index (χ4n) is 3.20. The van der Waals surface area contributed by atoms with Crippen LogP contribution in [0, 0.1) is 11.8 Å². The largest absolute Gasteiger partial charge is 0.460 e. The Morgan fingerprint density at radius 3 is 2.27 bits per heavy atom. The maximum atomic E-state index is 13.1. The molecule has 2 atom stereocenters. The Bertz CT molecular complexity index is 679. The van der Waals surface area contributed by atoms with Gasteiger partial charge in [-0.1, -0.05) is 44.2 Å². The lowest BCUT2D eigenvalue weighted by atomic mass is 9.93. The number of nitrogens with one attached hydrogen (secondary N) is 1. The summed E-state index contributed by atoms with van der Waals surface area (Å²) in [7, 11) is 0. The minimum absolute atomic E-state index is 0.0583. The van der Waals surface area contributed by atoms with Crippen molar-refractivity contribution in [3.63, 3.8) is 0 Å². The lowest BCUT2D eigenvalue weighted by Crippen LogP contribution is -2.45. The maximum Gasteiger partial charge on any atom is 0.307 e. The van der Waals surface area contributed by atoms with Crippen molar-refractivity contribution < 1.29 is 24.2 Å². The van der Waals surface area contributed by atoms with Gasteiger partial charge in [0.15, 0.2) is 5.78 Å². The molecule has 0 aliphatic heterocycles. The Morgan fingerprint density at radius 2 is 1.73 bits per heavy atom. The van der Waals surface area contributed by atoms with Crippen LogP contribution in [-0.2, 0) is 25.5 Å². The van der Waals surface area contributed by atoms with Gasteiger partial charge in [0.25, 0.3) is 0 Å². The molecule has 1 aromatic rings. The molecule has 0 fully saturated rings. The third kappa shape index (κ3) is 10.5. The van der Waals surface area contributed by atoms with Crippen LogP contribution in [0.2, 0.25) is 0 Å². The highest BCUT2D eigenvalue weighted by molar-refractivity contribution is 5.91. The number of esters is 1. The van der Waals surface area contributed by atoms with E-state index < -0.39 is 23.5 Å². The van der Waals surface area contributed by atoms with E-state index in [4.69, 9.17) is 9.84 Å². The Kier molecular flexibility index (Phi) is 10.7. The number of aliphatic hydroxyl groups excluding tert-OH is 1. The average molecular weight is 420 g/mol. The number of Topliss-reactive ketones (excluding diaryl/α,β-unsaturated/α-hetero) is 1. The Hall–Kier alpha value is -2.21. The summed E-state index contributed by atoms with van der Waals surface area (Å²) in [6, 6.07) is 8.86. The number of carbonyl (C=O) groups excluding carboxylic acids is 3. The van der Waals surface area contributed by atoms with Crippen molar-refractivity contribution in [1.82, 2.24) is 5.32 Å². The van der Waals surface area contributed by atoms with Crippen LogP contribution in [0.25, 0.3) is 0 Å². The Balaban J connectivity index is 2.96. The molecule has 0 aromatic heterocycles. The summed E-state index contributed by atoms with van der Waals surface area (Å²) in [4.78, 5) is 38.1. The van der Waals surface area contributed by atoms with Gasteiger partial charge in [-0.15, -0.1) is 0 Å². The molecule has 1 rings (SSSR count). The Morgan fingerprint density at radius 1 is 1.10 bits per heavy atom. The van der Waals surface area contributed by atoms with E-state index in [0.717, 1.165) is 5.56 Å². The normalized spacial score (nSPS) is 13.6. The van der Waals surface area contributed by atoms with Crippen molar-refractivity contribution in [3.05, 3.63) is 35.9 Å². The topological polar surface area (TPSA) is 92.7 Å². The van der Waals surface area contributed by atoms with E-state index in [9.17, 15) is 14.4 Å². The highest BCUT2D eigenvalue weighted by Gasteiger charge is 2.29. The molecule has 0 heterocycles. The lowest BCUT2D eigenvalue weighted by molar-refractivity contribution is -0.157. The number of ketones is 1. The van der Waals surface area contributed by atoms with Crippen molar-refractivity contribution in [2.45, 2.75) is 78.4 Å². The molecule has 0 unspecified atom stereocenters. The van der Waals surface area contributed by atoms with Gasteiger partial charge in [-0.2, -0.15) is 0 Å². The zero-order valence-electron chi connectivity index (χ0n) is 18.9. The van der Waals surface area contributed by atoms with Crippen molar-refractivity contribution in [2.24, 2.45) is 11.8 Å². The van der Waals surface area contributed by atoms with Gasteiger partial charge < -0.3 is 15.2 Å². The van der Waals surface area contributed by atoms with Crippen LogP contribution in [0.3, 0.4) is 0 Å². The predicted molar refractivity (Wildman–Crippen MR) is 117 cm³/mol. The summed E-state index contributed by atoms with van der Waals surface area (Å²) in [5, 5.41) is 11.9. The third-order valence-corrected chi connectivity index (χ3v) is 4.52. The molecule has 0 spiro atoms. The lowest BCUT2D eigenvalue weighted by Gasteiger charge is -2.25. The van der Waals surface area contributed by atoms with Crippen LogP contribution in [0.1, 0.15) is 65.9 Å². The molecule has 0 bridgehead atoms. The minimum Gasteiger partial charge on any atom is -0.460 e. The third-order valence-electron chi connectivity index (χ3n) is 4.52. The summed E-state index contributed by atoms with van der Waals surface area (Å²) in [6.45, 7) is 9.27. The molecule has 2 N–H and O–H groups in total. The molecule has 1 aromatic carbocycles. The van der Waals surface area contributed by atoms with Crippen LogP contribution in [-0.4, -0.2) is 41.0 Å². The van der Waals surface area contributed by atoms with E-state index >= 15 is 0 Å². The number of hydrogen-bond donors (Lipinski definition) is 2. The average Bonchev–Trinajstić information content (AvgIpc) is 2.64. The second kappa shape index (κ2) is 12.5. The van der Waals surface area contributed by atoms with Crippen LogP contribution in [0.5, 0.6) is 0 Å². The van der Waals surface area contributed by atoms with Crippen molar-refractivity contribution in [3.8, 4) is 0 Å². The SMILES string of the molecule is CC(C)C[C@@H](NC(=O)[C@@H](CC(=O)OC(C)(C)C)Cc1ccccc1)C(=O)CCCO. The zero-order chi connectivity index (χ0) is 22.7. The number of amides is 1. The zero-order valence-corrected chi connectivity index (χ0v) is 18.9. The van der Waals surface area contributed by atoms with Crippen LogP contribution < -0.4 is 5.32 Å². The van der Waals surface area contributed by atoms with Crippen molar-refractivity contribution in [1.29, 1.82) is 0 Å². The van der Waals surface area contributed by atoms with Gasteiger partial charge in [0, 0.05) is 13.0 Å². The van der Waals surface area contributed by atoms with Gasteiger partial charge in [-0.05, 0) is 51.5 Å². The van der Waals surface area contributed by atoms with E-state index in [1.54, 1.807) is 20.8 Å². The highest BCUT2D eigenvalue weighted by atomic mass is 16.6. The van der Waals surface area contributed by atoms with Crippen molar-refractivity contribution in [2.75, 3.05) is 6.61 Å². The molecule has 6 nitrogen and oxygen atoms in total. The molecule has 0 saturated heterocycles. The minimum atomic E-state index is -0.637. The summed E-state index contributed by atoms with van der Waals surface area (Å²) < 4.78 is 5.41. The van der Waals surface area contributed by atoms with Gasteiger partial charge in [0.2, 0.25) is 5.91 Å². The number of rotatable bonds is 12. The summed E-state index contributed by atoms with van der Waals surface area (Å²) >= 11 is 0. The van der Waals surface area contributed by atoms with E-state index in [2.05, 4.69) is 5.32 Å². The van der Waals surface area contributed by atoms with Gasteiger partial charge in [-0.3, -0.25) is 14.4 Å². The van der Waals surface area contributed by atoms with Gasteiger partial charge in [-0.25, -0.2) is 0 Å². The molecule has 0 aliphatic rings. The van der Waals surface area contributed by atoms with Gasteiger partial charge in [0.1, 0.15) is 5.60 Å². The van der Waals surface area contributed by atoms with E-state index in [-0.39, 0.29) is 37.1 Å². The predicted octanol–water partition coefficient (Wildman–Crippen LogP) is 3.45.